The van der Waals surface area contributed by atoms with E-state index < -0.39 is 6.09 Å². The molecule has 5 heteroatoms. The molecule has 0 radical (unpaired) electrons. The van der Waals surface area contributed by atoms with E-state index in [4.69, 9.17) is 0 Å². The summed E-state index contributed by atoms with van der Waals surface area (Å²) < 4.78 is 4.47. The fourth-order valence-electron chi connectivity index (χ4n) is 1.72. The second-order valence-electron chi connectivity index (χ2n) is 4.11. The Hall–Kier alpha value is -2.04. The normalized spacial score (nSPS) is 9.84. The van der Waals surface area contributed by atoms with Crippen LogP contribution in [0, 0.1) is 0 Å². The van der Waals surface area contributed by atoms with Crippen LogP contribution in [0.1, 0.15) is 19.4 Å². The minimum Gasteiger partial charge on any atom is -0.453 e. The van der Waals surface area contributed by atoms with Crippen LogP contribution in [0.5, 0.6) is 0 Å². The maximum atomic E-state index is 11.6. The average Bonchev–Trinajstić information content (AvgIpc) is 2.43. The van der Waals surface area contributed by atoms with Crippen LogP contribution in [0.25, 0.3) is 0 Å². The maximum Gasteiger partial charge on any atom is 0.406 e. The van der Waals surface area contributed by atoms with Crippen molar-refractivity contribution in [1.29, 1.82) is 0 Å². The van der Waals surface area contributed by atoms with Crippen molar-refractivity contribution >= 4 is 17.7 Å². The second kappa shape index (κ2) is 7.41. The van der Waals surface area contributed by atoms with Gasteiger partial charge in [0.05, 0.1) is 7.11 Å². The van der Waals surface area contributed by atoms with Gasteiger partial charge in [0.25, 0.3) is 0 Å². The first-order chi connectivity index (χ1) is 9.08. The van der Waals surface area contributed by atoms with Crippen molar-refractivity contribution in [1.82, 2.24) is 5.32 Å². The van der Waals surface area contributed by atoms with Gasteiger partial charge in [0.2, 0.25) is 5.91 Å². The Morgan fingerprint density at radius 2 is 1.89 bits per heavy atom. The number of amides is 2. The molecule has 0 aliphatic carbocycles. The number of alkyl carbamates (subject to hydrolysis) is 1. The zero-order chi connectivity index (χ0) is 14.3. The Morgan fingerprint density at radius 1 is 1.26 bits per heavy atom. The first kappa shape index (κ1) is 15.0. The van der Waals surface area contributed by atoms with E-state index in [0.717, 1.165) is 12.1 Å². The quantitative estimate of drug-likeness (QED) is 0.884. The highest BCUT2D eigenvalue weighted by molar-refractivity contribution is 5.91. The molecule has 0 saturated carbocycles. The summed E-state index contributed by atoms with van der Waals surface area (Å²) in [5.41, 5.74) is 2.05. The SMILES string of the molecule is CCc1ccc(N(CCNC(=O)OC)C(C)=O)cc1. The Morgan fingerprint density at radius 3 is 2.37 bits per heavy atom. The lowest BCUT2D eigenvalue weighted by Crippen LogP contribution is -2.37. The molecular formula is C14H20N2O3. The van der Waals surface area contributed by atoms with Gasteiger partial charge in [0, 0.05) is 25.7 Å². The first-order valence-electron chi connectivity index (χ1n) is 6.27. The molecule has 0 aromatic heterocycles. The summed E-state index contributed by atoms with van der Waals surface area (Å²) in [5.74, 6) is -0.0593. The largest absolute Gasteiger partial charge is 0.453 e. The average molecular weight is 264 g/mol. The fourth-order valence-corrected chi connectivity index (χ4v) is 1.72. The van der Waals surface area contributed by atoms with Gasteiger partial charge in [0.15, 0.2) is 0 Å². The number of rotatable bonds is 5. The van der Waals surface area contributed by atoms with Gasteiger partial charge in [-0.05, 0) is 24.1 Å². The number of carbonyl (C=O) groups excluding carboxylic acids is 2. The zero-order valence-corrected chi connectivity index (χ0v) is 11.6. The van der Waals surface area contributed by atoms with Gasteiger partial charge in [-0.25, -0.2) is 4.79 Å². The van der Waals surface area contributed by atoms with Crippen molar-refractivity contribution in [2.24, 2.45) is 0 Å². The number of aryl methyl sites for hydroxylation is 1. The third-order valence-corrected chi connectivity index (χ3v) is 2.83. The molecule has 5 nitrogen and oxygen atoms in total. The lowest BCUT2D eigenvalue weighted by Gasteiger charge is -2.21. The van der Waals surface area contributed by atoms with Gasteiger partial charge < -0.3 is 15.0 Å². The van der Waals surface area contributed by atoms with E-state index >= 15 is 0 Å². The molecule has 0 aliphatic rings. The number of anilines is 1. The van der Waals surface area contributed by atoms with Gasteiger partial charge in [-0.15, -0.1) is 0 Å². The summed E-state index contributed by atoms with van der Waals surface area (Å²) in [7, 11) is 1.31. The molecular weight excluding hydrogens is 244 g/mol. The summed E-state index contributed by atoms with van der Waals surface area (Å²) in [6, 6.07) is 7.83. The molecule has 0 saturated heterocycles. The first-order valence-corrected chi connectivity index (χ1v) is 6.27. The van der Waals surface area contributed by atoms with E-state index in [1.165, 1.54) is 19.6 Å². The fraction of sp³-hybridized carbons (Fsp3) is 0.429. The number of benzene rings is 1. The lowest BCUT2D eigenvalue weighted by atomic mass is 10.1. The molecule has 0 unspecified atom stereocenters. The van der Waals surface area contributed by atoms with E-state index in [0.29, 0.717) is 13.1 Å². The second-order valence-corrected chi connectivity index (χ2v) is 4.11. The Labute approximate surface area is 113 Å². The molecule has 0 heterocycles. The zero-order valence-electron chi connectivity index (χ0n) is 11.6. The van der Waals surface area contributed by atoms with Gasteiger partial charge >= 0.3 is 6.09 Å². The molecule has 1 N–H and O–H groups in total. The van der Waals surface area contributed by atoms with Crippen LogP contribution in [0.2, 0.25) is 0 Å². The highest BCUT2D eigenvalue weighted by atomic mass is 16.5. The Balaban J connectivity index is 2.66. The Kier molecular flexibility index (Phi) is 5.85. The summed E-state index contributed by atoms with van der Waals surface area (Å²) in [6.45, 7) is 4.35. The van der Waals surface area contributed by atoms with Crippen LogP contribution in [-0.4, -0.2) is 32.2 Å². The lowest BCUT2D eigenvalue weighted by molar-refractivity contribution is -0.116. The molecule has 2 amide bonds. The number of hydrogen-bond donors (Lipinski definition) is 1. The minimum absolute atomic E-state index is 0.0593. The molecule has 104 valence electrons. The molecule has 0 aliphatic heterocycles. The van der Waals surface area contributed by atoms with Gasteiger partial charge in [-0.3, -0.25) is 4.79 Å². The molecule has 1 aromatic rings. The van der Waals surface area contributed by atoms with Gasteiger partial charge in [-0.1, -0.05) is 19.1 Å². The monoisotopic (exact) mass is 264 g/mol. The Bertz CT molecular complexity index is 429. The smallest absolute Gasteiger partial charge is 0.406 e. The van der Waals surface area contributed by atoms with Gasteiger partial charge in [-0.2, -0.15) is 0 Å². The van der Waals surface area contributed by atoms with Crippen LogP contribution in [0.4, 0.5) is 10.5 Å². The highest BCUT2D eigenvalue weighted by Crippen LogP contribution is 2.15. The number of carbonyl (C=O) groups is 2. The molecule has 19 heavy (non-hydrogen) atoms. The van der Waals surface area contributed by atoms with Crippen molar-refractivity contribution in [2.75, 3.05) is 25.1 Å². The van der Waals surface area contributed by atoms with Crippen LogP contribution < -0.4 is 10.2 Å². The van der Waals surface area contributed by atoms with E-state index in [1.54, 1.807) is 4.90 Å². The van der Waals surface area contributed by atoms with E-state index in [1.807, 2.05) is 24.3 Å². The van der Waals surface area contributed by atoms with Crippen LogP contribution >= 0.6 is 0 Å². The number of methoxy groups -OCH3 is 1. The standard InChI is InChI=1S/C14H20N2O3/c1-4-12-5-7-13(8-6-12)16(11(2)17)10-9-15-14(18)19-3/h5-8H,4,9-10H2,1-3H3,(H,15,18). The van der Waals surface area contributed by atoms with E-state index in [9.17, 15) is 9.59 Å². The predicted octanol–water partition coefficient (Wildman–Crippen LogP) is 1.96. The topological polar surface area (TPSA) is 58.6 Å². The van der Waals surface area contributed by atoms with E-state index in [2.05, 4.69) is 17.0 Å². The van der Waals surface area contributed by atoms with Crippen molar-refractivity contribution in [3.63, 3.8) is 0 Å². The molecule has 0 fully saturated rings. The molecule has 1 rings (SSSR count). The molecule has 0 bridgehead atoms. The van der Waals surface area contributed by atoms with Crippen molar-refractivity contribution in [3.8, 4) is 0 Å². The molecule has 1 aromatic carbocycles. The number of nitrogens with one attached hydrogen (secondary N) is 1. The highest BCUT2D eigenvalue weighted by Gasteiger charge is 2.11. The number of hydrogen-bond acceptors (Lipinski definition) is 3. The minimum atomic E-state index is -0.496. The van der Waals surface area contributed by atoms with Crippen molar-refractivity contribution < 1.29 is 14.3 Å². The molecule has 0 spiro atoms. The third kappa shape index (κ3) is 4.62. The van der Waals surface area contributed by atoms with Crippen molar-refractivity contribution in [2.45, 2.75) is 20.3 Å². The summed E-state index contributed by atoms with van der Waals surface area (Å²) in [5, 5.41) is 2.55. The summed E-state index contributed by atoms with van der Waals surface area (Å²) in [6.07, 6.45) is 0.467. The molecule has 0 atom stereocenters. The van der Waals surface area contributed by atoms with E-state index in [-0.39, 0.29) is 5.91 Å². The van der Waals surface area contributed by atoms with Crippen LogP contribution in [-0.2, 0) is 16.0 Å². The van der Waals surface area contributed by atoms with Crippen LogP contribution in [0.3, 0.4) is 0 Å². The third-order valence-electron chi connectivity index (χ3n) is 2.83. The maximum absolute atomic E-state index is 11.6. The van der Waals surface area contributed by atoms with Crippen molar-refractivity contribution in [3.05, 3.63) is 29.8 Å². The summed E-state index contributed by atoms with van der Waals surface area (Å²) in [4.78, 5) is 24.2. The number of ether oxygens (including phenoxy) is 1. The van der Waals surface area contributed by atoms with Crippen LogP contribution in [0.15, 0.2) is 24.3 Å². The number of nitrogens with zero attached hydrogens (tertiary/aromatic N) is 1. The van der Waals surface area contributed by atoms with Gasteiger partial charge in [0.1, 0.15) is 0 Å². The summed E-state index contributed by atoms with van der Waals surface area (Å²) >= 11 is 0. The predicted molar refractivity (Wildman–Crippen MR) is 74.3 cm³/mol.